The molecule has 5 nitrogen and oxygen atoms in total. The molecule has 1 fully saturated rings. The van der Waals surface area contributed by atoms with Gasteiger partial charge in [0.25, 0.3) is 5.91 Å². The first-order valence-corrected chi connectivity index (χ1v) is 8.39. The average molecular weight is 366 g/mol. The summed E-state index contributed by atoms with van der Waals surface area (Å²) < 4.78 is 5.00. The number of hydrogen-bond acceptors (Lipinski definition) is 4. The molecule has 0 radical (unpaired) electrons. The predicted molar refractivity (Wildman–Crippen MR) is 92.8 cm³/mol. The Hall–Kier alpha value is -1.85. The van der Waals surface area contributed by atoms with Crippen molar-refractivity contribution in [3.05, 3.63) is 52.0 Å². The molecule has 1 amide bonds. The van der Waals surface area contributed by atoms with Crippen LogP contribution in [0.5, 0.6) is 5.75 Å². The van der Waals surface area contributed by atoms with Crippen molar-refractivity contribution in [2.75, 3.05) is 7.11 Å². The van der Waals surface area contributed by atoms with E-state index in [2.05, 4.69) is 15.3 Å². The van der Waals surface area contributed by atoms with E-state index in [0.717, 1.165) is 24.8 Å². The lowest BCUT2D eigenvalue weighted by Crippen LogP contribution is -2.55. The minimum Gasteiger partial charge on any atom is -0.494 e. The van der Waals surface area contributed by atoms with Gasteiger partial charge in [0, 0.05) is 15.6 Å². The van der Waals surface area contributed by atoms with Crippen LogP contribution in [0.4, 0.5) is 0 Å². The maximum absolute atomic E-state index is 12.5. The van der Waals surface area contributed by atoms with Crippen molar-refractivity contribution in [1.82, 2.24) is 15.3 Å². The van der Waals surface area contributed by atoms with Gasteiger partial charge in [0.15, 0.2) is 5.75 Å². The summed E-state index contributed by atoms with van der Waals surface area (Å²) in [6.07, 6.45) is 6.47. The van der Waals surface area contributed by atoms with Gasteiger partial charge in [-0.2, -0.15) is 0 Å². The topological polar surface area (TPSA) is 64.1 Å². The molecule has 0 unspecified atom stereocenters. The van der Waals surface area contributed by atoms with Crippen LogP contribution in [-0.2, 0) is 6.42 Å². The van der Waals surface area contributed by atoms with E-state index in [1.807, 2.05) is 12.1 Å². The van der Waals surface area contributed by atoms with E-state index < -0.39 is 0 Å². The Morgan fingerprint density at radius 1 is 1.29 bits per heavy atom. The second-order valence-electron chi connectivity index (χ2n) is 5.95. The minimum absolute atomic E-state index is 0.129. The number of carbonyl (C=O) groups is 1. The molecule has 0 atom stereocenters. The van der Waals surface area contributed by atoms with Gasteiger partial charge in [-0.05, 0) is 43.4 Å². The summed E-state index contributed by atoms with van der Waals surface area (Å²) in [5.41, 5.74) is 0.661. The van der Waals surface area contributed by atoms with Gasteiger partial charge in [-0.3, -0.25) is 4.79 Å². The average Bonchev–Trinajstić information content (AvgIpc) is 2.55. The van der Waals surface area contributed by atoms with Crippen LogP contribution in [0.25, 0.3) is 0 Å². The van der Waals surface area contributed by atoms with Gasteiger partial charge in [-0.25, -0.2) is 9.97 Å². The zero-order valence-electron chi connectivity index (χ0n) is 13.2. The molecule has 1 aromatic carbocycles. The van der Waals surface area contributed by atoms with Crippen LogP contribution >= 0.6 is 23.2 Å². The van der Waals surface area contributed by atoms with Crippen LogP contribution < -0.4 is 10.1 Å². The molecule has 2 aromatic rings. The summed E-state index contributed by atoms with van der Waals surface area (Å²) in [4.78, 5) is 20.5. The number of ether oxygens (including phenoxy) is 1. The van der Waals surface area contributed by atoms with Crippen LogP contribution in [0.1, 0.15) is 35.4 Å². The van der Waals surface area contributed by atoms with E-state index in [4.69, 9.17) is 27.9 Å². The van der Waals surface area contributed by atoms with Crippen LogP contribution in [0, 0.1) is 0 Å². The molecular formula is C17H17Cl2N3O2. The first-order chi connectivity index (χ1) is 11.5. The SMILES string of the molecule is COc1cnc(C(=O)NC2(Cc3ccc(Cl)cc3Cl)CCC2)nc1. The third-order valence-electron chi connectivity index (χ3n) is 4.30. The Bertz CT molecular complexity index is 746. The van der Waals surface area contributed by atoms with Gasteiger partial charge < -0.3 is 10.1 Å². The lowest BCUT2D eigenvalue weighted by Gasteiger charge is -2.42. The molecule has 1 aromatic heterocycles. The number of methoxy groups -OCH3 is 1. The van der Waals surface area contributed by atoms with Gasteiger partial charge in [0.1, 0.15) is 0 Å². The highest BCUT2D eigenvalue weighted by molar-refractivity contribution is 6.35. The van der Waals surface area contributed by atoms with Crippen molar-refractivity contribution in [1.29, 1.82) is 0 Å². The van der Waals surface area contributed by atoms with Crippen LogP contribution in [0.15, 0.2) is 30.6 Å². The Balaban J connectivity index is 1.74. The van der Waals surface area contributed by atoms with E-state index in [9.17, 15) is 4.79 Å². The summed E-state index contributed by atoms with van der Waals surface area (Å²) in [7, 11) is 1.53. The number of rotatable bonds is 5. The fourth-order valence-corrected chi connectivity index (χ4v) is 3.29. The molecule has 7 heteroatoms. The Kier molecular flexibility index (Phi) is 4.92. The summed E-state index contributed by atoms with van der Waals surface area (Å²) >= 11 is 12.2. The Morgan fingerprint density at radius 2 is 2.00 bits per heavy atom. The first kappa shape index (κ1) is 17.0. The quantitative estimate of drug-likeness (QED) is 0.877. The largest absolute Gasteiger partial charge is 0.494 e. The Morgan fingerprint density at radius 3 is 2.54 bits per heavy atom. The molecule has 126 valence electrons. The van der Waals surface area contributed by atoms with E-state index in [-0.39, 0.29) is 17.3 Å². The van der Waals surface area contributed by atoms with Gasteiger partial charge in [0.05, 0.1) is 19.5 Å². The highest BCUT2D eigenvalue weighted by Gasteiger charge is 2.39. The predicted octanol–water partition coefficient (Wildman–Crippen LogP) is 3.69. The van der Waals surface area contributed by atoms with E-state index in [0.29, 0.717) is 22.2 Å². The van der Waals surface area contributed by atoms with Crippen LogP contribution in [0.2, 0.25) is 10.0 Å². The molecule has 1 aliphatic carbocycles. The van der Waals surface area contributed by atoms with Crippen molar-refractivity contribution < 1.29 is 9.53 Å². The second kappa shape index (κ2) is 6.95. The zero-order chi connectivity index (χ0) is 17.2. The van der Waals surface area contributed by atoms with Crippen molar-refractivity contribution in [2.45, 2.75) is 31.2 Å². The number of nitrogens with zero attached hydrogens (tertiary/aromatic N) is 2. The zero-order valence-corrected chi connectivity index (χ0v) is 14.7. The second-order valence-corrected chi connectivity index (χ2v) is 6.79. The third-order valence-corrected chi connectivity index (χ3v) is 4.89. The van der Waals surface area contributed by atoms with E-state index in [1.165, 1.54) is 19.5 Å². The van der Waals surface area contributed by atoms with E-state index >= 15 is 0 Å². The fraction of sp³-hybridized carbons (Fsp3) is 0.353. The summed E-state index contributed by atoms with van der Waals surface area (Å²) in [6.45, 7) is 0. The smallest absolute Gasteiger partial charge is 0.289 e. The van der Waals surface area contributed by atoms with Gasteiger partial charge in [-0.1, -0.05) is 29.3 Å². The number of benzene rings is 1. The number of carbonyl (C=O) groups excluding carboxylic acids is 1. The number of amides is 1. The van der Waals surface area contributed by atoms with Crippen molar-refractivity contribution >= 4 is 29.1 Å². The van der Waals surface area contributed by atoms with Crippen molar-refractivity contribution in [2.24, 2.45) is 0 Å². The number of nitrogens with one attached hydrogen (secondary N) is 1. The van der Waals surface area contributed by atoms with Crippen molar-refractivity contribution in [3.8, 4) is 5.75 Å². The maximum atomic E-state index is 12.5. The molecule has 0 saturated heterocycles. The third kappa shape index (κ3) is 3.62. The molecule has 1 saturated carbocycles. The first-order valence-electron chi connectivity index (χ1n) is 7.64. The highest BCUT2D eigenvalue weighted by atomic mass is 35.5. The minimum atomic E-state index is -0.308. The number of halogens is 2. The maximum Gasteiger partial charge on any atom is 0.289 e. The summed E-state index contributed by atoms with van der Waals surface area (Å²) in [6, 6.07) is 5.43. The van der Waals surface area contributed by atoms with Crippen LogP contribution in [-0.4, -0.2) is 28.5 Å². The van der Waals surface area contributed by atoms with Crippen molar-refractivity contribution in [3.63, 3.8) is 0 Å². The molecule has 1 heterocycles. The summed E-state index contributed by atoms with van der Waals surface area (Å²) in [5, 5.41) is 4.29. The molecular weight excluding hydrogens is 349 g/mol. The molecule has 1 N–H and O–H groups in total. The monoisotopic (exact) mass is 365 g/mol. The highest BCUT2D eigenvalue weighted by Crippen LogP contribution is 2.37. The molecule has 1 aliphatic rings. The standard InChI is InChI=1S/C17H17Cl2N3O2/c1-24-13-9-20-15(21-10-13)16(23)22-17(5-2-6-17)8-11-3-4-12(18)7-14(11)19/h3-4,7,9-10H,2,5-6,8H2,1H3,(H,22,23). The fourth-order valence-electron chi connectivity index (χ4n) is 2.81. The van der Waals surface area contributed by atoms with Gasteiger partial charge in [-0.15, -0.1) is 0 Å². The molecule has 0 spiro atoms. The van der Waals surface area contributed by atoms with Crippen LogP contribution in [0.3, 0.4) is 0 Å². The lowest BCUT2D eigenvalue weighted by molar-refractivity contribution is 0.0815. The number of aromatic nitrogens is 2. The molecule has 3 rings (SSSR count). The van der Waals surface area contributed by atoms with E-state index in [1.54, 1.807) is 6.07 Å². The molecule has 24 heavy (non-hydrogen) atoms. The molecule has 0 bridgehead atoms. The molecule has 0 aliphatic heterocycles. The Labute approximate surface area is 150 Å². The normalized spacial score (nSPS) is 15.5. The van der Waals surface area contributed by atoms with Gasteiger partial charge >= 0.3 is 0 Å². The van der Waals surface area contributed by atoms with Gasteiger partial charge in [0.2, 0.25) is 5.82 Å². The lowest BCUT2D eigenvalue weighted by atomic mass is 9.72. The number of hydrogen-bond donors (Lipinski definition) is 1. The summed E-state index contributed by atoms with van der Waals surface area (Å²) in [5.74, 6) is 0.351.